The Bertz CT molecular complexity index is 427. The summed E-state index contributed by atoms with van der Waals surface area (Å²) in [5.74, 6) is 0.691. The SMILES string of the molecule is CN(CC(=O)C1CCCCC1)Cc1ccccc1Cl. The van der Waals surface area contributed by atoms with Crippen LogP contribution in [0.4, 0.5) is 0 Å². The van der Waals surface area contributed by atoms with Crippen molar-refractivity contribution in [3.05, 3.63) is 34.9 Å². The van der Waals surface area contributed by atoms with Gasteiger partial charge in [0.25, 0.3) is 0 Å². The molecule has 0 amide bonds. The van der Waals surface area contributed by atoms with Gasteiger partial charge in [0.15, 0.2) is 0 Å². The Hall–Kier alpha value is -0.860. The zero-order valence-corrected chi connectivity index (χ0v) is 12.3. The van der Waals surface area contributed by atoms with Crippen LogP contribution in [0.15, 0.2) is 24.3 Å². The molecule has 2 nitrogen and oxygen atoms in total. The van der Waals surface area contributed by atoms with Gasteiger partial charge in [0.1, 0.15) is 5.78 Å². The van der Waals surface area contributed by atoms with Crippen molar-refractivity contribution in [2.75, 3.05) is 13.6 Å². The first-order chi connectivity index (χ1) is 9.16. The van der Waals surface area contributed by atoms with Crippen LogP contribution in [0.3, 0.4) is 0 Å². The molecule has 1 fully saturated rings. The number of carbonyl (C=O) groups is 1. The maximum absolute atomic E-state index is 12.2. The van der Waals surface area contributed by atoms with Crippen LogP contribution in [-0.2, 0) is 11.3 Å². The summed E-state index contributed by atoms with van der Waals surface area (Å²) in [5.41, 5.74) is 1.09. The summed E-state index contributed by atoms with van der Waals surface area (Å²) in [6, 6.07) is 7.83. The summed E-state index contributed by atoms with van der Waals surface area (Å²) >= 11 is 6.14. The highest BCUT2D eigenvalue weighted by Gasteiger charge is 2.21. The fourth-order valence-corrected chi connectivity index (χ4v) is 2.99. The van der Waals surface area contributed by atoms with E-state index in [0.29, 0.717) is 18.2 Å². The van der Waals surface area contributed by atoms with E-state index in [1.54, 1.807) is 0 Å². The molecular weight excluding hydrogens is 258 g/mol. The van der Waals surface area contributed by atoms with E-state index < -0.39 is 0 Å². The predicted molar refractivity (Wildman–Crippen MR) is 79.4 cm³/mol. The molecular formula is C16H22ClNO. The van der Waals surface area contributed by atoms with Crippen LogP contribution in [0.5, 0.6) is 0 Å². The van der Waals surface area contributed by atoms with Gasteiger partial charge in [0.05, 0.1) is 6.54 Å². The number of carbonyl (C=O) groups excluding carboxylic acids is 1. The van der Waals surface area contributed by atoms with Gasteiger partial charge in [0, 0.05) is 17.5 Å². The van der Waals surface area contributed by atoms with E-state index in [0.717, 1.165) is 30.0 Å². The Morgan fingerprint density at radius 1 is 1.26 bits per heavy atom. The first kappa shape index (κ1) is 14.5. The second-order valence-corrected chi connectivity index (χ2v) is 5.97. The number of halogens is 1. The normalized spacial score (nSPS) is 16.8. The van der Waals surface area contributed by atoms with Gasteiger partial charge in [-0.15, -0.1) is 0 Å². The zero-order valence-electron chi connectivity index (χ0n) is 11.6. The molecule has 104 valence electrons. The lowest BCUT2D eigenvalue weighted by Crippen LogP contribution is -2.31. The standard InChI is InChI=1S/C16H22ClNO/c1-18(11-14-9-5-6-10-15(14)17)12-16(19)13-7-3-2-4-8-13/h5-6,9-10,13H,2-4,7-8,11-12H2,1H3. The molecule has 0 aromatic heterocycles. The van der Waals surface area contributed by atoms with Crippen molar-refractivity contribution < 1.29 is 4.79 Å². The van der Waals surface area contributed by atoms with Gasteiger partial charge in [0.2, 0.25) is 0 Å². The molecule has 1 aromatic rings. The number of rotatable bonds is 5. The molecule has 1 aliphatic rings. The third-order valence-corrected chi connectivity index (χ3v) is 4.25. The van der Waals surface area contributed by atoms with Crippen LogP contribution < -0.4 is 0 Å². The molecule has 0 spiro atoms. The summed E-state index contributed by atoms with van der Waals surface area (Å²) in [4.78, 5) is 14.3. The monoisotopic (exact) mass is 279 g/mol. The van der Waals surface area contributed by atoms with E-state index >= 15 is 0 Å². The Balaban J connectivity index is 1.85. The first-order valence-electron chi connectivity index (χ1n) is 7.11. The van der Waals surface area contributed by atoms with Crippen LogP contribution in [0.2, 0.25) is 5.02 Å². The highest BCUT2D eigenvalue weighted by molar-refractivity contribution is 6.31. The second-order valence-electron chi connectivity index (χ2n) is 5.56. The minimum atomic E-state index is 0.294. The largest absolute Gasteiger partial charge is 0.298 e. The molecule has 1 aliphatic carbocycles. The van der Waals surface area contributed by atoms with Crippen LogP contribution >= 0.6 is 11.6 Å². The molecule has 2 rings (SSSR count). The van der Waals surface area contributed by atoms with Gasteiger partial charge in [-0.2, -0.15) is 0 Å². The molecule has 0 unspecified atom stereocenters. The summed E-state index contributed by atoms with van der Waals surface area (Å²) in [5, 5.41) is 0.777. The van der Waals surface area contributed by atoms with Crippen molar-refractivity contribution in [3.8, 4) is 0 Å². The Morgan fingerprint density at radius 2 is 1.95 bits per heavy atom. The van der Waals surface area contributed by atoms with Gasteiger partial charge in [-0.05, 0) is 31.5 Å². The van der Waals surface area contributed by atoms with Crippen molar-refractivity contribution in [1.29, 1.82) is 0 Å². The molecule has 0 saturated heterocycles. The number of ketones is 1. The number of Topliss-reactive ketones (excluding diaryl/α,β-unsaturated/α-hetero) is 1. The highest BCUT2D eigenvalue weighted by Crippen LogP contribution is 2.24. The summed E-state index contributed by atoms with van der Waals surface area (Å²) in [6.45, 7) is 1.27. The third kappa shape index (κ3) is 4.32. The number of nitrogens with zero attached hydrogens (tertiary/aromatic N) is 1. The van der Waals surface area contributed by atoms with Crippen LogP contribution in [0, 0.1) is 5.92 Å². The van der Waals surface area contributed by atoms with Gasteiger partial charge < -0.3 is 0 Å². The second kappa shape index (κ2) is 7.06. The zero-order chi connectivity index (χ0) is 13.7. The Labute approximate surface area is 120 Å². The number of hydrogen-bond donors (Lipinski definition) is 0. The van der Waals surface area contributed by atoms with Crippen molar-refractivity contribution in [3.63, 3.8) is 0 Å². The molecule has 0 aliphatic heterocycles. The van der Waals surface area contributed by atoms with Crippen molar-refractivity contribution in [2.24, 2.45) is 5.92 Å². The molecule has 19 heavy (non-hydrogen) atoms. The van der Waals surface area contributed by atoms with E-state index in [4.69, 9.17) is 11.6 Å². The summed E-state index contributed by atoms with van der Waals surface area (Å²) < 4.78 is 0. The summed E-state index contributed by atoms with van der Waals surface area (Å²) in [7, 11) is 1.99. The quantitative estimate of drug-likeness (QED) is 0.814. The molecule has 0 bridgehead atoms. The smallest absolute Gasteiger partial charge is 0.149 e. The van der Waals surface area contributed by atoms with E-state index in [9.17, 15) is 4.79 Å². The molecule has 1 saturated carbocycles. The molecule has 0 heterocycles. The number of benzene rings is 1. The van der Waals surface area contributed by atoms with E-state index in [1.807, 2.05) is 31.3 Å². The number of likely N-dealkylation sites (N-methyl/N-ethyl adjacent to an activating group) is 1. The maximum atomic E-state index is 12.2. The number of hydrogen-bond acceptors (Lipinski definition) is 2. The van der Waals surface area contributed by atoms with Crippen molar-refractivity contribution >= 4 is 17.4 Å². The predicted octanol–water partition coefficient (Wildman–Crippen LogP) is 3.92. The third-order valence-electron chi connectivity index (χ3n) is 3.88. The molecule has 0 radical (unpaired) electrons. The van der Waals surface area contributed by atoms with E-state index in [-0.39, 0.29) is 0 Å². The Kier molecular flexibility index (Phi) is 5.41. The molecule has 0 N–H and O–H groups in total. The van der Waals surface area contributed by atoms with Crippen molar-refractivity contribution in [2.45, 2.75) is 38.6 Å². The molecule has 1 aromatic carbocycles. The van der Waals surface area contributed by atoms with Gasteiger partial charge in [-0.1, -0.05) is 49.1 Å². The van der Waals surface area contributed by atoms with Crippen LogP contribution in [0.25, 0.3) is 0 Å². The van der Waals surface area contributed by atoms with E-state index in [1.165, 1.54) is 19.3 Å². The van der Waals surface area contributed by atoms with Gasteiger partial charge in [-0.25, -0.2) is 0 Å². The lowest BCUT2D eigenvalue weighted by Gasteiger charge is -2.23. The molecule has 0 atom stereocenters. The van der Waals surface area contributed by atoms with E-state index in [2.05, 4.69) is 4.90 Å². The lowest BCUT2D eigenvalue weighted by molar-refractivity contribution is -0.124. The average Bonchev–Trinajstić information content (AvgIpc) is 2.42. The fourth-order valence-electron chi connectivity index (χ4n) is 2.79. The van der Waals surface area contributed by atoms with Gasteiger partial charge >= 0.3 is 0 Å². The summed E-state index contributed by atoms with van der Waals surface area (Å²) in [6.07, 6.45) is 5.88. The van der Waals surface area contributed by atoms with Crippen molar-refractivity contribution in [1.82, 2.24) is 4.90 Å². The highest BCUT2D eigenvalue weighted by atomic mass is 35.5. The first-order valence-corrected chi connectivity index (χ1v) is 7.49. The lowest BCUT2D eigenvalue weighted by atomic mass is 9.86. The average molecular weight is 280 g/mol. The topological polar surface area (TPSA) is 20.3 Å². The minimum Gasteiger partial charge on any atom is -0.298 e. The van der Waals surface area contributed by atoms with Crippen LogP contribution in [0.1, 0.15) is 37.7 Å². The van der Waals surface area contributed by atoms with Gasteiger partial charge in [-0.3, -0.25) is 9.69 Å². The Morgan fingerprint density at radius 3 is 2.63 bits per heavy atom. The minimum absolute atomic E-state index is 0.294. The van der Waals surface area contributed by atoms with Crippen LogP contribution in [-0.4, -0.2) is 24.3 Å². The molecule has 3 heteroatoms. The maximum Gasteiger partial charge on any atom is 0.149 e. The fraction of sp³-hybridized carbons (Fsp3) is 0.562.